The number of benzene rings is 1. The first-order valence-electron chi connectivity index (χ1n) is 6.40. The molecule has 0 saturated heterocycles. The minimum absolute atomic E-state index is 0.294. The molecule has 0 amide bonds. The first-order chi connectivity index (χ1) is 9.22. The van der Waals surface area contributed by atoms with Crippen molar-refractivity contribution in [3.8, 4) is 0 Å². The summed E-state index contributed by atoms with van der Waals surface area (Å²) in [6, 6.07) is 8.28. The van der Waals surface area contributed by atoms with Gasteiger partial charge in [0.15, 0.2) is 0 Å². The van der Waals surface area contributed by atoms with E-state index in [1.807, 2.05) is 18.2 Å². The molecule has 2 aromatic rings. The highest BCUT2D eigenvalue weighted by Gasteiger charge is 2.14. The number of rotatable bonds is 6. The quantitative estimate of drug-likeness (QED) is 0.759. The first kappa shape index (κ1) is 14.9. The van der Waals surface area contributed by atoms with Crippen molar-refractivity contribution in [2.75, 3.05) is 6.54 Å². The summed E-state index contributed by atoms with van der Waals surface area (Å²) in [4.78, 5) is 0. The second kappa shape index (κ2) is 7.30. The summed E-state index contributed by atoms with van der Waals surface area (Å²) in [5.74, 6) is 0. The van der Waals surface area contributed by atoms with Gasteiger partial charge in [0.1, 0.15) is 0 Å². The van der Waals surface area contributed by atoms with E-state index in [0.29, 0.717) is 16.1 Å². The summed E-state index contributed by atoms with van der Waals surface area (Å²) in [6.45, 7) is 3.17. The van der Waals surface area contributed by atoms with Crippen LogP contribution in [-0.2, 0) is 6.42 Å². The molecule has 0 aliphatic carbocycles. The number of thiophene rings is 1. The molecule has 1 heterocycles. The molecule has 102 valence electrons. The summed E-state index contributed by atoms with van der Waals surface area (Å²) in [7, 11) is 0. The highest BCUT2D eigenvalue weighted by Crippen LogP contribution is 2.29. The summed E-state index contributed by atoms with van der Waals surface area (Å²) >= 11 is 14.1. The molecule has 1 atom stereocenters. The van der Waals surface area contributed by atoms with Gasteiger partial charge in [-0.1, -0.05) is 42.3 Å². The van der Waals surface area contributed by atoms with Gasteiger partial charge in [0, 0.05) is 6.04 Å². The minimum Gasteiger partial charge on any atom is -0.310 e. The summed E-state index contributed by atoms with van der Waals surface area (Å²) < 4.78 is 0. The van der Waals surface area contributed by atoms with E-state index >= 15 is 0 Å². The molecular formula is C15H17Cl2NS. The van der Waals surface area contributed by atoms with Crippen LogP contribution in [0.15, 0.2) is 35.0 Å². The van der Waals surface area contributed by atoms with Crippen LogP contribution in [0, 0.1) is 0 Å². The van der Waals surface area contributed by atoms with Crippen molar-refractivity contribution in [2.45, 2.75) is 25.8 Å². The van der Waals surface area contributed by atoms with Gasteiger partial charge in [0.25, 0.3) is 0 Å². The maximum Gasteiger partial charge on any atom is 0.0624 e. The van der Waals surface area contributed by atoms with Gasteiger partial charge < -0.3 is 5.32 Å². The molecule has 1 nitrogen and oxygen atoms in total. The van der Waals surface area contributed by atoms with E-state index in [0.717, 1.165) is 24.9 Å². The third-order valence-electron chi connectivity index (χ3n) is 3.04. The van der Waals surface area contributed by atoms with Gasteiger partial charge in [-0.15, -0.1) is 0 Å². The van der Waals surface area contributed by atoms with Crippen LogP contribution >= 0.6 is 34.5 Å². The second-order valence-electron chi connectivity index (χ2n) is 4.48. The van der Waals surface area contributed by atoms with Crippen LogP contribution in [-0.4, -0.2) is 6.54 Å². The lowest BCUT2D eigenvalue weighted by atomic mass is 10.0. The zero-order chi connectivity index (χ0) is 13.7. The Kier molecular flexibility index (Phi) is 5.71. The molecule has 1 unspecified atom stereocenters. The van der Waals surface area contributed by atoms with E-state index in [1.54, 1.807) is 11.3 Å². The van der Waals surface area contributed by atoms with E-state index in [2.05, 4.69) is 29.1 Å². The lowest BCUT2D eigenvalue weighted by Gasteiger charge is -2.18. The predicted octanol–water partition coefficient (Wildman–Crippen LogP) is 5.34. The fourth-order valence-corrected chi connectivity index (χ4v) is 3.14. The standard InChI is InChI=1S/C15H17Cl2NS/c1-2-7-18-14(12-6-8-19-10-12)9-11-4-3-5-13(16)15(11)17/h3-6,8,10,14,18H,2,7,9H2,1H3. The van der Waals surface area contributed by atoms with E-state index in [-0.39, 0.29) is 0 Å². The minimum atomic E-state index is 0.294. The molecule has 0 bridgehead atoms. The smallest absolute Gasteiger partial charge is 0.0624 e. The summed E-state index contributed by atoms with van der Waals surface area (Å²) in [6.07, 6.45) is 1.97. The van der Waals surface area contributed by atoms with E-state index in [4.69, 9.17) is 23.2 Å². The largest absolute Gasteiger partial charge is 0.310 e. The molecule has 0 saturated carbocycles. The van der Waals surface area contributed by atoms with Gasteiger partial charge in [0.2, 0.25) is 0 Å². The van der Waals surface area contributed by atoms with E-state index in [1.165, 1.54) is 5.56 Å². The van der Waals surface area contributed by atoms with E-state index < -0.39 is 0 Å². The van der Waals surface area contributed by atoms with Gasteiger partial charge in [0.05, 0.1) is 10.0 Å². The summed E-state index contributed by atoms with van der Waals surface area (Å²) in [5.41, 5.74) is 2.41. The lowest BCUT2D eigenvalue weighted by molar-refractivity contribution is 0.530. The predicted molar refractivity (Wildman–Crippen MR) is 85.5 cm³/mol. The molecular weight excluding hydrogens is 297 g/mol. The fraction of sp³-hybridized carbons (Fsp3) is 0.333. The van der Waals surface area contributed by atoms with Crippen molar-refractivity contribution >= 4 is 34.5 Å². The Balaban J connectivity index is 2.18. The van der Waals surface area contributed by atoms with Gasteiger partial charge in [-0.3, -0.25) is 0 Å². The van der Waals surface area contributed by atoms with Crippen LogP contribution in [0.25, 0.3) is 0 Å². The number of hydrogen-bond donors (Lipinski definition) is 1. The highest BCUT2D eigenvalue weighted by atomic mass is 35.5. The van der Waals surface area contributed by atoms with Crippen molar-refractivity contribution < 1.29 is 0 Å². The third-order valence-corrected chi connectivity index (χ3v) is 4.60. The van der Waals surface area contributed by atoms with Crippen molar-refractivity contribution in [1.82, 2.24) is 5.32 Å². The normalized spacial score (nSPS) is 12.6. The van der Waals surface area contributed by atoms with Crippen molar-refractivity contribution in [2.24, 2.45) is 0 Å². The first-order valence-corrected chi connectivity index (χ1v) is 8.10. The Morgan fingerprint density at radius 1 is 1.26 bits per heavy atom. The number of halogens is 2. The van der Waals surface area contributed by atoms with Gasteiger partial charge >= 0.3 is 0 Å². The van der Waals surface area contributed by atoms with Crippen LogP contribution in [0.1, 0.15) is 30.5 Å². The molecule has 0 fully saturated rings. The Bertz CT molecular complexity index is 511. The maximum atomic E-state index is 6.28. The van der Waals surface area contributed by atoms with Gasteiger partial charge in [-0.05, 0) is 53.4 Å². The lowest BCUT2D eigenvalue weighted by Crippen LogP contribution is -2.23. The average Bonchev–Trinajstić information content (AvgIpc) is 2.93. The van der Waals surface area contributed by atoms with Crippen molar-refractivity contribution in [1.29, 1.82) is 0 Å². The molecule has 2 rings (SSSR count). The topological polar surface area (TPSA) is 12.0 Å². The van der Waals surface area contributed by atoms with Crippen LogP contribution in [0.2, 0.25) is 10.0 Å². The molecule has 1 aromatic carbocycles. The van der Waals surface area contributed by atoms with Crippen molar-refractivity contribution in [3.63, 3.8) is 0 Å². The number of hydrogen-bond acceptors (Lipinski definition) is 2. The molecule has 0 aliphatic heterocycles. The molecule has 19 heavy (non-hydrogen) atoms. The number of nitrogens with one attached hydrogen (secondary N) is 1. The average molecular weight is 314 g/mol. The summed E-state index contributed by atoms with van der Waals surface area (Å²) in [5, 5.41) is 9.16. The molecule has 1 N–H and O–H groups in total. The second-order valence-corrected chi connectivity index (χ2v) is 6.05. The zero-order valence-electron chi connectivity index (χ0n) is 10.8. The molecule has 1 aromatic heterocycles. The van der Waals surface area contributed by atoms with Gasteiger partial charge in [-0.25, -0.2) is 0 Å². The Hall–Kier alpha value is -0.540. The Morgan fingerprint density at radius 2 is 2.11 bits per heavy atom. The SMILES string of the molecule is CCCNC(Cc1cccc(Cl)c1Cl)c1ccsc1. The Labute approximate surface area is 128 Å². The van der Waals surface area contributed by atoms with Crippen molar-refractivity contribution in [3.05, 3.63) is 56.2 Å². The highest BCUT2D eigenvalue weighted by molar-refractivity contribution is 7.07. The Morgan fingerprint density at radius 3 is 2.79 bits per heavy atom. The van der Waals surface area contributed by atoms with Gasteiger partial charge in [-0.2, -0.15) is 11.3 Å². The molecule has 0 aliphatic rings. The molecule has 4 heteroatoms. The monoisotopic (exact) mass is 313 g/mol. The third kappa shape index (κ3) is 3.96. The molecule has 0 spiro atoms. The van der Waals surface area contributed by atoms with E-state index in [9.17, 15) is 0 Å². The van der Waals surface area contributed by atoms with Crippen LogP contribution in [0.5, 0.6) is 0 Å². The maximum absolute atomic E-state index is 6.28. The van der Waals surface area contributed by atoms with Crippen LogP contribution in [0.3, 0.4) is 0 Å². The van der Waals surface area contributed by atoms with Crippen LogP contribution in [0.4, 0.5) is 0 Å². The fourth-order valence-electron chi connectivity index (χ4n) is 2.03. The molecule has 0 radical (unpaired) electrons. The van der Waals surface area contributed by atoms with Crippen LogP contribution < -0.4 is 5.32 Å². The zero-order valence-corrected chi connectivity index (χ0v) is 13.2.